The van der Waals surface area contributed by atoms with E-state index in [-0.39, 0.29) is 6.61 Å². The third kappa shape index (κ3) is 7.03. The van der Waals surface area contributed by atoms with Crippen molar-refractivity contribution >= 4 is 0 Å². The van der Waals surface area contributed by atoms with Crippen LogP contribution in [0.1, 0.15) is 5.56 Å². The second-order valence-electron chi connectivity index (χ2n) is 2.17. The summed E-state index contributed by atoms with van der Waals surface area (Å²) in [4.78, 5) is 0. The van der Waals surface area contributed by atoms with Gasteiger partial charge in [0.15, 0.2) is 0 Å². The molecule has 2 nitrogen and oxygen atoms in total. The van der Waals surface area contributed by atoms with Gasteiger partial charge in [-0.1, -0.05) is 35.9 Å². The highest BCUT2D eigenvalue weighted by molar-refractivity contribution is 5.11. The van der Waals surface area contributed by atoms with Crippen LogP contribution in [0.5, 0.6) is 0 Å². The highest BCUT2D eigenvalue weighted by Crippen LogP contribution is 1.92. The molecule has 0 saturated heterocycles. The van der Waals surface area contributed by atoms with Gasteiger partial charge in [0.1, 0.15) is 0 Å². The van der Waals surface area contributed by atoms with Crippen molar-refractivity contribution in [3.05, 3.63) is 35.9 Å². The zero-order chi connectivity index (χ0) is 8.53. The van der Waals surface area contributed by atoms with E-state index in [4.69, 9.17) is 10.8 Å². The van der Waals surface area contributed by atoms with E-state index >= 15 is 0 Å². The largest absolute Gasteiger partial charge is 0.395 e. The van der Waals surface area contributed by atoms with Crippen molar-refractivity contribution < 1.29 is 5.11 Å². The van der Waals surface area contributed by atoms with Crippen molar-refractivity contribution in [2.75, 3.05) is 13.2 Å². The molecule has 0 aliphatic rings. The SMILES string of the molecule is Cc1ccccc1.NCCO. The van der Waals surface area contributed by atoms with Gasteiger partial charge in [-0.3, -0.25) is 0 Å². The smallest absolute Gasteiger partial charge is 0.0553 e. The molecule has 0 unspecified atom stereocenters. The summed E-state index contributed by atoms with van der Waals surface area (Å²) in [5.74, 6) is 0. The van der Waals surface area contributed by atoms with Gasteiger partial charge in [0.2, 0.25) is 0 Å². The Kier molecular flexibility index (Phi) is 6.68. The Hall–Kier alpha value is -0.860. The fraction of sp³-hybridized carbons (Fsp3) is 0.333. The molecule has 0 aliphatic carbocycles. The summed E-state index contributed by atoms with van der Waals surface area (Å²) in [6.07, 6.45) is 0. The summed E-state index contributed by atoms with van der Waals surface area (Å²) in [5, 5.41) is 7.75. The lowest BCUT2D eigenvalue weighted by Gasteiger charge is -1.82. The monoisotopic (exact) mass is 153 g/mol. The molecule has 0 fully saturated rings. The van der Waals surface area contributed by atoms with Crippen LogP contribution in [0.3, 0.4) is 0 Å². The minimum absolute atomic E-state index is 0.0972. The molecule has 3 N–H and O–H groups in total. The molecule has 0 aromatic heterocycles. The molecule has 0 heterocycles. The molecule has 11 heavy (non-hydrogen) atoms. The number of hydrogen-bond donors (Lipinski definition) is 2. The maximum absolute atomic E-state index is 7.75. The zero-order valence-electron chi connectivity index (χ0n) is 6.83. The van der Waals surface area contributed by atoms with Gasteiger partial charge in [-0.05, 0) is 6.92 Å². The molecule has 0 radical (unpaired) electrons. The minimum Gasteiger partial charge on any atom is -0.395 e. The first-order chi connectivity index (χ1) is 5.31. The Morgan fingerprint density at radius 1 is 1.27 bits per heavy atom. The number of rotatable bonds is 1. The van der Waals surface area contributed by atoms with Gasteiger partial charge in [0, 0.05) is 6.54 Å². The lowest BCUT2D eigenvalue weighted by molar-refractivity contribution is 0.306. The molecule has 0 aliphatic heterocycles. The van der Waals surface area contributed by atoms with Gasteiger partial charge in [-0.15, -0.1) is 0 Å². The maximum Gasteiger partial charge on any atom is 0.0553 e. The Morgan fingerprint density at radius 3 is 1.91 bits per heavy atom. The summed E-state index contributed by atoms with van der Waals surface area (Å²) >= 11 is 0. The topological polar surface area (TPSA) is 46.2 Å². The molecule has 1 rings (SSSR count). The normalized spacial score (nSPS) is 8.27. The lowest BCUT2D eigenvalue weighted by atomic mass is 10.2. The van der Waals surface area contributed by atoms with Crippen LogP contribution in [-0.2, 0) is 0 Å². The van der Waals surface area contributed by atoms with E-state index in [9.17, 15) is 0 Å². The molecular weight excluding hydrogens is 138 g/mol. The molecule has 1 aromatic carbocycles. The predicted molar refractivity (Wildman–Crippen MR) is 47.3 cm³/mol. The van der Waals surface area contributed by atoms with Crippen LogP contribution >= 0.6 is 0 Å². The summed E-state index contributed by atoms with van der Waals surface area (Å²) in [7, 11) is 0. The molecule has 0 atom stereocenters. The van der Waals surface area contributed by atoms with Crippen LogP contribution < -0.4 is 5.73 Å². The van der Waals surface area contributed by atoms with Crippen molar-refractivity contribution in [1.29, 1.82) is 0 Å². The van der Waals surface area contributed by atoms with Crippen molar-refractivity contribution in [3.63, 3.8) is 0 Å². The summed E-state index contributed by atoms with van der Waals surface area (Å²) in [6, 6.07) is 10.3. The summed E-state index contributed by atoms with van der Waals surface area (Å²) < 4.78 is 0. The van der Waals surface area contributed by atoms with Gasteiger partial charge < -0.3 is 10.8 Å². The van der Waals surface area contributed by atoms with E-state index in [1.54, 1.807) is 0 Å². The third-order valence-electron chi connectivity index (χ3n) is 1.07. The number of nitrogens with two attached hydrogens (primary N) is 1. The molecular formula is C9H15NO. The van der Waals surface area contributed by atoms with E-state index < -0.39 is 0 Å². The van der Waals surface area contributed by atoms with E-state index in [0.717, 1.165) is 0 Å². The summed E-state index contributed by atoms with van der Waals surface area (Å²) in [6.45, 7) is 2.56. The molecule has 62 valence electrons. The van der Waals surface area contributed by atoms with E-state index in [2.05, 4.69) is 19.1 Å². The Morgan fingerprint density at radius 2 is 1.73 bits per heavy atom. The van der Waals surface area contributed by atoms with Crippen molar-refractivity contribution in [3.8, 4) is 0 Å². The van der Waals surface area contributed by atoms with Crippen molar-refractivity contribution in [2.24, 2.45) is 5.73 Å². The van der Waals surface area contributed by atoms with Crippen LogP contribution in [0, 0.1) is 6.92 Å². The molecule has 0 amide bonds. The number of hydrogen-bond acceptors (Lipinski definition) is 2. The molecule has 0 spiro atoms. The van der Waals surface area contributed by atoms with Crippen molar-refractivity contribution in [2.45, 2.75) is 6.92 Å². The number of aliphatic hydroxyl groups excluding tert-OH is 1. The highest BCUT2D eigenvalue weighted by Gasteiger charge is 1.72. The van der Waals surface area contributed by atoms with Gasteiger partial charge >= 0.3 is 0 Å². The number of benzene rings is 1. The Labute approximate surface area is 67.7 Å². The van der Waals surface area contributed by atoms with Gasteiger partial charge in [-0.2, -0.15) is 0 Å². The van der Waals surface area contributed by atoms with Gasteiger partial charge in [0.05, 0.1) is 6.61 Å². The standard InChI is InChI=1S/C7H8.C2H7NO/c1-7-5-3-2-4-6-7;3-1-2-4/h2-6H,1H3;4H,1-3H2. The van der Waals surface area contributed by atoms with E-state index in [1.807, 2.05) is 18.2 Å². The second kappa shape index (κ2) is 7.25. The molecule has 0 bridgehead atoms. The first-order valence-corrected chi connectivity index (χ1v) is 3.64. The maximum atomic E-state index is 7.75. The first kappa shape index (κ1) is 10.1. The van der Waals surface area contributed by atoms with Crippen LogP contribution in [0.2, 0.25) is 0 Å². The first-order valence-electron chi connectivity index (χ1n) is 3.64. The second-order valence-corrected chi connectivity index (χ2v) is 2.17. The lowest BCUT2D eigenvalue weighted by Crippen LogP contribution is -2.02. The number of aliphatic hydroxyl groups is 1. The zero-order valence-corrected chi connectivity index (χ0v) is 6.83. The quantitative estimate of drug-likeness (QED) is 0.630. The predicted octanol–water partition coefficient (Wildman–Crippen LogP) is 0.932. The average Bonchev–Trinajstić information content (AvgIpc) is 2.07. The third-order valence-corrected chi connectivity index (χ3v) is 1.07. The fourth-order valence-electron chi connectivity index (χ4n) is 0.534. The van der Waals surface area contributed by atoms with Crippen LogP contribution in [0.4, 0.5) is 0 Å². The number of aryl methyl sites for hydroxylation is 1. The molecule has 0 saturated carbocycles. The van der Waals surface area contributed by atoms with Gasteiger partial charge in [0.25, 0.3) is 0 Å². The Balaban J connectivity index is 0.000000218. The van der Waals surface area contributed by atoms with E-state index in [0.29, 0.717) is 6.54 Å². The van der Waals surface area contributed by atoms with Crippen LogP contribution in [0.25, 0.3) is 0 Å². The summed E-state index contributed by atoms with van der Waals surface area (Å²) in [5.41, 5.74) is 6.10. The highest BCUT2D eigenvalue weighted by atomic mass is 16.3. The van der Waals surface area contributed by atoms with Crippen molar-refractivity contribution in [1.82, 2.24) is 0 Å². The Bertz CT molecular complexity index is 160. The minimum atomic E-state index is 0.0972. The van der Waals surface area contributed by atoms with E-state index in [1.165, 1.54) is 5.56 Å². The molecule has 2 heteroatoms. The van der Waals surface area contributed by atoms with Crippen LogP contribution in [-0.4, -0.2) is 18.3 Å². The molecule has 1 aromatic rings. The average molecular weight is 153 g/mol. The van der Waals surface area contributed by atoms with Crippen LogP contribution in [0.15, 0.2) is 30.3 Å². The van der Waals surface area contributed by atoms with Gasteiger partial charge in [-0.25, -0.2) is 0 Å². The fourth-order valence-corrected chi connectivity index (χ4v) is 0.534.